The van der Waals surface area contributed by atoms with Crippen molar-refractivity contribution in [3.63, 3.8) is 0 Å². The molecule has 5 nitrogen and oxygen atoms in total. The molecule has 0 aliphatic carbocycles. The van der Waals surface area contributed by atoms with Crippen LogP contribution < -0.4 is 0 Å². The zero-order valence-corrected chi connectivity index (χ0v) is 13.2. The van der Waals surface area contributed by atoms with Crippen molar-refractivity contribution in [1.82, 2.24) is 4.90 Å². The molecular formula is C17H21NO4. The van der Waals surface area contributed by atoms with Crippen molar-refractivity contribution in [2.75, 3.05) is 13.1 Å². The Balaban J connectivity index is 2.24. The third-order valence-corrected chi connectivity index (χ3v) is 3.86. The first-order valence-corrected chi connectivity index (χ1v) is 7.39. The Kier molecular flexibility index (Phi) is 4.85. The number of nitrogens with zero attached hydrogens (tertiary/aromatic N) is 1. The Labute approximate surface area is 129 Å². The molecule has 0 unspecified atom stereocenters. The number of rotatable bonds is 6. The van der Waals surface area contributed by atoms with Crippen LogP contribution in [0.4, 0.5) is 0 Å². The Morgan fingerprint density at radius 2 is 2.00 bits per heavy atom. The van der Waals surface area contributed by atoms with Gasteiger partial charge in [-0.05, 0) is 31.4 Å². The number of carbonyl (C=O) groups excluding carboxylic acids is 1. The molecule has 0 saturated heterocycles. The fourth-order valence-electron chi connectivity index (χ4n) is 2.53. The predicted molar refractivity (Wildman–Crippen MR) is 83.9 cm³/mol. The summed E-state index contributed by atoms with van der Waals surface area (Å²) < 4.78 is 5.60. The third-order valence-electron chi connectivity index (χ3n) is 3.86. The van der Waals surface area contributed by atoms with Crippen LogP contribution in [0.3, 0.4) is 0 Å². The highest BCUT2D eigenvalue weighted by Crippen LogP contribution is 2.27. The second-order valence-corrected chi connectivity index (χ2v) is 5.53. The average molecular weight is 303 g/mol. The van der Waals surface area contributed by atoms with Gasteiger partial charge in [-0.15, -0.1) is 0 Å². The topological polar surface area (TPSA) is 70.8 Å². The van der Waals surface area contributed by atoms with E-state index in [9.17, 15) is 9.59 Å². The molecule has 0 atom stereocenters. The summed E-state index contributed by atoms with van der Waals surface area (Å²) >= 11 is 0. The van der Waals surface area contributed by atoms with Gasteiger partial charge in [-0.1, -0.05) is 19.1 Å². The zero-order chi connectivity index (χ0) is 16.3. The highest BCUT2D eigenvalue weighted by atomic mass is 16.4. The van der Waals surface area contributed by atoms with Gasteiger partial charge in [-0.25, -0.2) is 0 Å². The lowest BCUT2D eigenvalue weighted by molar-refractivity contribution is -0.144. The van der Waals surface area contributed by atoms with Gasteiger partial charge in [0.2, 0.25) is 5.91 Å². The number of carboxylic acids is 1. The van der Waals surface area contributed by atoms with Gasteiger partial charge in [0.25, 0.3) is 0 Å². The number of hydrogen-bond acceptors (Lipinski definition) is 3. The number of benzene rings is 1. The van der Waals surface area contributed by atoms with Crippen molar-refractivity contribution in [2.24, 2.45) is 0 Å². The average Bonchev–Trinajstić information content (AvgIpc) is 2.85. The molecule has 0 spiro atoms. The summed E-state index contributed by atoms with van der Waals surface area (Å²) in [5, 5.41) is 9.83. The fourth-order valence-corrected chi connectivity index (χ4v) is 2.53. The Morgan fingerprint density at radius 3 is 2.64 bits per heavy atom. The summed E-state index contributed by atoms with van der Waals surface area (Å²) in [6, 6.07) is 3.95. The minimum absolute atomic E-state index is 0.156. The van der Waals surface area contributed by atoms with Gasteiger partial charge in [0, 0.05) is 17.5 Å². The summed E-state index contributed by atoms with van der Waals surface area (Å²) in [7, 11) is 0. The predicted octanol–water partition coefficient (Wildman–Crippen LogP) is 2.92. The molecule has 0 fully saturated rings. The number of furan rings is 1. The Hall–Kier alpha value is -2.30. The molecule has 1 heterocycles. The first-order chi connectivity index (χ1) is 10.4. The fraction of sp³-hybridized carbons (Fsp3) is 0.412. The van der Waals surface area contributed by atoms with Gasteiger partial charge < -0.3 is 14.4 Å². The molecule has 0 aliphatic heterocycles. The molecule has 1 amide bonds. The maximum atomic E-state index is 12.4. The number of fused-ring (bicyclic) bond motifs is 1. The minimum Gasteiger partial charge on any atom is -0.480 e. The van der Waals surface area contributed by atoms with Crippen molar-refractivity contribution in [1.29, 1.82) is 0 Å². The van der Waals surface area contributed by atoms with E-state index >= 15 is 0 Å². The molecule has 2 rings (SSSR count). The lowest BCUT2D eigenvalue weighted by Gasteiger charge is -2.19. The van der Waals surface area contributed by atoms with Crippen molar-refractivity contribution < 1.29 is 19.1 Å². The van der Waals surface area contributed by atoms with Crippen LogP contribution in [-0.4, -0.2) is 35.0 Å². The van der Waals surface area contributed by atoms with E-state index in [0.717, 1.165) is 34.1 Å². The lowest BCUT2D eigenvalue weighted by Crippen LogP contribution is -2.37. The number of carbonyl (C=O) groups is 2. The van der Waals surface area contributed by atoms with E-state index in [0.29, 0.717) is 6.54 Å². The standard InChI is InChI=1S/C17H21NO4/c1-4-7-18(9-16(20)21)15(19)8-13-10-22-17-12(3)11(2)5-6-14(13)17/h5-6,10H,4,7-9H2,1-3H3,(H,20,21). The zero-order valence-electron chi connectivity index (χ0n) is 13.2. The monoisotopic (exact) mass is 303 g/mol. The number of aliphatic carboxylic acids is 1. The molecule has 1 N–H and O–H groups in total. The van der Waals surface area contributed by atoms with Crippen molar-refractivity contribution in [3.8, 4) is 0 Å². The number of carboxylic acid groups (broad SMARTS) is 1. The van der Waals surface area contributed by atoms with Gasteiger partial charge in [0.15, 0.2) is 0 Å². The van der Waals surface area contributed by atoms with E-state index in [2.05, 4.69) is 0 Å². The smallest absolute Gasteiger partial charge is 0.323 e. The van der Waals surface area contributed by atoms with Gasteiger partial charge in [-0.2, -0.15) is 0 Å². The van der Waals surface area contributed by atoms with Crippen LogP contribution in [0.5, 0.6) is 0 Å². The molecule has 0 aliphatic rings. The quantitative estimate of drug-likeness (QED) is 0.890. The highest BCUT2D eigenvalue weighted by Gasteiger charge is 2.19. The largest absolute Gasteiger partial charge is 0.480 e. The molecule has 5 heteroatoms. The van der Waals surface area contributed by atoms with Crippen molar-refractivity contribution in [3.05, 3.63) is 35.1 Å². The van der Waals surface area contributed by atoms with Crippen LogP contribution in [0, 0.1) is 13.8 Å². The minimum atomic E-state index is -0.995. The molecule has 0 bridgehead atoms. The van der Waals surface area contributed by atoms with Crippen LogP contribution in [0.15, 0.2) is 22.8 Å². The highest BCUT2D eigenvalue weighted by molar-refractivity contribution is 5.90. The SMILES string of the molecule is CCCN(CC(=O)O)C(=O)Cc1coc2c(C)c(C)ccc12. The normalized spacial score (nSPS) is 10.9. The molecule has 1 aromatic heterocycles. The molecular weight excluding hydrogens is 282 g/mol. The summed E-state index contributed by atoms with van der Waals surface area (Å²) in [5.41, 5.74) is 3.79. The number of amides is 1. The Bertz CT molecular complexity index is 702. The Morgan fingerprint density at radius 1 is 1.27 bits per heavy atom. The van der Waals surface area contributed by atoms with Crippen LogP contribution in [0.2, 0.25) is 0 Å². The van der Waals surface area contributed by atoms with Crippen LogP contribution in [0.25, 0.3) is 11.0 Å². The second kappa shape index (κ2) is 6.64. The van der Waals surface area contributed by atoms with E-state index in [-0.39, 0.29) is 18.9 Å². The molecule has 2 aromatic rings. The molecule has 1 aromatic carbocycles. The van der Waals surface area contributed by atoms with Crippen molar-refractivity contribution >= 4 is 22.8 Å². The van der Waals surface area contributed by atoms with Gasteiger partial charge in [-0.3, -0.25) is 9.59 Å². The molecule has 118 valence electrons. The summed E-state index contributed by atoms with van der Waals surface area (Å²) in [4.78, 5) is 24.6. The van der Waals surface area contributed by atoms with Crippen molar-refractivity contribution in [2.45, 2.75) is 33.6 Å². The van der Waals surface area contributed by atoms with Crippen LogP contribution in [0.1, 0.15) is 30.0 Å². The van der Waals surface area contributed by atoms with Gasteiger partial charge in [0.1, 0.15) is 12.1 Å². The first-order valence-electron chi connectivity index (χ1n) is 7.39. The lowest BCUT2D eigenvalue weighted by atomic mass is 10.0. The molecule has 0 radical (unpaired) electrons. The second-order valence-electron chi connectivity index (χ2n) is 5.53. The summed E-state index contributed by atoms with van der Waals surface area (Å²) in [5.74, 6) is -1.18. The third kappa shape index (κ3) is 3.30. The number of hydrogen-bond donors (Lipinski definition) is 1. The van der Waals surface area contributed by atoms with E-state index in [1.54, 1.807) is 6.26 Å². The van der Waals surface area contributed by atoms with Crippen LogP contribution in [-0.2, 0) is 16.0 Å². The van der Waals surface area contributed by atoms with E-state index < -0.39 is 5.97 Å². The maximum absolute atomic E-state index is 12.4. The van der Waals surface area contributed by atoms with Crippen LogP contribution >= 0.6 is 0 Å². The molecule has 22 heavy (non-hydrogen) atoms. The van der Waals surface area contributed by atoms with E-state index in [4.69, 9.17) is 9.52 Å². The van der Waals surface area contributed by atoms with E-state index in [1.807, 2.05) is 32.9 Å². The molecule has 0 saturated carbocycles. The van der Waals surface area contributed by atoms with Gasteiger partial charge in [0.05, 0.1) is 12.7 Å². The maximum Gasteiger partial charge on any atom is 0.323 e. The number of aryl methyl sites for hydroxylation is 2. The van der Waals surface area contributed by atoms with E-state index in [1.165, 1.54) is 4.90 Å². The summed E-state index contributed by atoms with van der Waals surface area (Å²) in [6.45, 7) is 6.10. The first kappa shape index (κ1) is 16.1. The van der Waals surface area contributed by atoms with Gasteiger partial charge >= 0.3 is 5.97 Å². The summed E-state index contributed by atoms with van der Waals surface area (Å²) in [6.07, 6.45) is 2.48.